The second-order valence-electron chi connectivity index (χ2n) is 11.0. The largest absolute Gasteiger partial charge is 0.497 e. The number of ether oxygens (including phenoxy) is 2. The number of hydrogen-bond acceptors (Lipinski definition) is 8. The highest BCUT2D eigenvalue weighted by atomic mass is 19.3. The van der Waals surface area contributed by atoms with E-state index in [-0.39, 0.29) is 23.9 Å². The number of anilines is 2. The molecule has 2 fully saturated rings. The molecule has 232 valence electrons. The Balaban J connectivity index is 1.13. The third-order valence-corrected chi connectivity index (χ3v) is 8.05. The van der Waals surface area contributed by atoms with Gasteiger partial charge in [-0.25, -0.2) is 18.6 Å². The van der Waals surface area contributed by atoms with Crippen LogP contribution in [0.4, 0.5) is 25.3 Å². The number of nitrogens with one attached hydrogen (secondary N) is 3. The van der Waals surface area contributed by atoms with Gasteiger partial charge in [-0.2, -0.15) is 9.97 Å². The van der Waals surface area contributed by atoms with Gasteiger partial charge in [0.05, 0.1) is 31.4 Å². The van der Waals surface area contributed by atoms with Crippen LogP contribution in [0.2, 0.25) is 0 Å². The molecule has 2 aliphatic rings. The molecule has 1 saturated carbocycles. The lowest BCUT2D eigenvalue weighted by Crippen LogP contribution is -2.44. The predicted octanol–water partition coefficient (Wildman–Crippen LogP) is 4.82. The van der Waals surface area contributed by atoms with Crippen LogP contribution in [0.5, 0.6) is 5.75 Å². The molecule has 3 N–H and O–H groups in total. The van der Waals surface area contributed by atoms with Gasteiger partial charge in [-0.05, 0) is 55.5 Å². The van der Waals surface area contributed by atoms with E-state index in [0.29, 0.717) is 61.5 Å². The average molecular weight is 607 g/mol. The van der Waals surface area contributed by atoms with Crippen molar-refractivity contribution < 1.29 is 23.0 Å². The first-order valence-electron chi connectivity index (χ1n) is 14.9. The van der Waals surface area contributed by atoms with Crippen LogP contribution < -0.4 is 25.6 Å². The van der Waals surface area contributed by atoms with Crippen LogP contribution >= 0.6 is 0 Å². The lowest BCUT2D eigenvalue weighted by Gasteiger charge is -2.31. The lowest BCUT2D eigenvalue weighted by atomic mass is 9.91. The zero-order chi connectivity index (χ0) is 30.5. The number of carbonyl (C=O) groups excluding carboxylic acids is 1. The maximum atomic E-state index is 14.2. The average Bonchev–Trinajstić information content (AvgIpc) is 3.46. The van der Waals surface area contributed by atoms with Gasteiger partial charge in [-0.3, -0.25) is 4.57 Å². The molecule has 1 saturated heterocycles. The summed E-state index contributed by atoms with van der Waals surface area (Å²) in [4.78, 5) is 28.3. The summed E-state index contributed by atoms with van der Waals surface area (Å²) in [6.45, 7) is 2.82. The van der Waals surface area contributed by atoms with E-state index < -0.39 is 6.43 Å². The van der Waals surface area contributed by atoms with Crippen LogP contribution in [0.1, 0.15) is 43.5 Å². The molecule has 2 aromatic carbocycles. The number of alkyl halides is 2. The first kappa shape index (κ1) is 29.5. The van der Waals surface area contributed by atoms with Crippen LogP contribution in [-0.4, -0.2) is 71.0 Å². The molecule has 13 heteroatoms. The Morgan fingerprint density at radius 3 is 2.41 bits per heavy atom. The molecule has 3 heterocycles. The molecule has 6 rings (SSSR count). The molecule has 0 radical (unpaired) electrons. The van der Waals surface area contributed by atoms with E-state index in [1.807, 2.05) is 24.3 Å². The fraction of sp³-hybridized carbons (Fsp3) is 0.419. The molecule has 0 atom stereocenters. The van der Waals surface area contributed by atoms with Crippen molar-refractivity contribution in [2.24, 2.45) is 0 Å². The van der Waals surface area contributed by atoms with E-state index in [4.69, 9.17) is 19.4 Å². The molecule has 0 unspecified atom stereocenters. The van der Waals surface area contributed by atoms with E-state index >= 15 is 0 Å². The fourth-order valence-electron chi connectivity index (χ4n) is 5.71. The van der Waals surface area contributed by atoms with Crippen molar-refractivity contribution >= 4 is 28.8 Å². The van der Waals surface area contributed by atoms with Crippen LogP contribution in [0.15, 0.2) is 54.6 Å². The minimum atomic E-state index is -2.78. The molecule has 0 spiro atoms. The fourth-order valence-corrected chi connectivity index (χ4v) is 5.71. The molecule has 11 nitrogen and oxygen atoms in total. The molecule has 1 aliphatic heterocycles. The number of para-hydroxylation sites is 2. The highest BCUT2D eigenvalue weighted by molar-refractivity contribution is 5.78. The van der Waals surface area contributed by atoms with Gasteiger partial charge in [0, 0.05) is 37.8 Å². The second-order valence-corrected chi connectivity index (χ2v) is 11.0. The summed E-state index contributed by atoms with van der Waals surface area (Å²) in [5, 5.41) is 9.44. The molecule has 4 aromatic rings. The van der Waals surface area contributed by atoms with Gasteiger partial charge >= 0.3 is 6.03 Å². The maximum Gasteiger partial charge on any atom is 0.315 e. The zero-order valence-corrected chi connectivity index (χ0v) is 24.5. The summed E-state index contributed by atoms with van der Waals surface area (Å²) in [7, 11) is 1.62. The minimum Gasteiger partial charge on any atom is -0.497 e. The normalized spacial score (nSPS) is 18.8. The number of carbonyl (C=O) groups is 1. The van der Waals surface area contributed by atoms with Crippen LogP contribution in [0.25, 0.3) is 16.9 Å². The Kier molecular flexibility index (Phi) is 9.01. The highest BCUT2D eigenvalue weighted by Crippen LogP contribution is 2.30. The van der Waals surface area contributed by atoms with E-state index in [9.17, 15) is 13.6 Å². The van der Waals surface area contributed by atoms with Gasteiger partial charge in [0.2, 0.25) is 5.95 Å². The third-order valence-electron chi connectivity index (χ3n) is 8.05. The van der Waals surface area contributed by atoms with Gasteiger partial charge in [-0.1, -0.05) is 24.3 Å². The second kappa shape index (κ2) is 13.4. The number of imidazole rings is 1. The first-order valence-corrected chi connectivity index (χ1v) is 14.9. The number of urea groups is 1. The topological polar surface area (TPSA) is 118 Å². The predicted molar refractivity (Wildman–Crippen MR) is 163 cm³/mol. The minimum absolute atomic E-state index is 0.0472. The summed E-state index contributed by atoms with van der Waals surface area (Å²) in [6, 6.07) is 16.3. The summed E-state index contributed by atoms with van der Waals surface area (Å²) in [5.41, 5.74) is 2.01. The Morgan fingerprint density at radius 1 is 0.977 bits per heavy atom. The number of halogens is 2. The highest BCUT2D eigenvalue weighted by Gasteiger charge is 2.26. The number of morpholine rings is 1. The SMILES string of the molecule is COc1ccc(CNC(=O)N[C@H]2CC[C@H](Nc3nc(N4CCOCC4)cc(-n4c(C(F)F)nc5ccccc54)n3)CC2)cc1. The monoisotopic (exact) mass is 606 g/mol. The van der Waals surface area contributed by atoms with Crippen molar-refractivity contribution in [3.8, 4) is 11.6 Å². The molecule has 44 heavy (non-hydrogen) atoms. The summed E-state index contributed by atoms with van der Waals surface area (Å²) in [6.07, 6.45) is 0.369. The Labute approximate surface area is 254 Å². The lowest BCUT2D eigenvalue weighted by molar-refractivity contribution is 0.122. The number of methoxy groups -OCH3 is 1. The number of nitrogens with zero attached hydrogens (tertiary/aromatic N) is 5. The van der Waals surface area contributed by atoms with E-state index in [0.717, 1.165) is 37.0 Å². The number of benzene rings is 2. The molecule has 0 bridgehead atoms. The first-order chi connectivity index (χ1) is 21.5. The van der Waals surface area contributed by atoms with Crippen molar-refractivity contribution in [2.75, 3.05) is 43.6 Å². The van der Waals surface area contributed by atoms with Gasteiger partial charge < -0.3 is 30.3 Å². The Bertz CT molecular complexity index is 1570. The number of rotatable bonds is 9. The quantitative estimate of drug-likeness (QED) is 0.248. The van der Waals surface area contributed by atoms with Crippen molar-refractivity contribution in [1.82, 2.24) is 30.2 Å². The van der Waals surface area contributed by atoms with Crippen LogP contribution in [-0.2, 0) is 11.3 Å². The molecular weight excluding hydrogens is 570 g/mol. The maximum absolute atomic E-state index is 14.2. The van der Waals surface area contributed by atoms with Crippen molar-refractivity contribution in [1.29, 1.82) is 0 Å². The van der Waals surface area contributed by atoms with Crippen molar-refractivity contribution in [3.63, 3.8) is 0 Å². The van der Waals surface area contributed by atoms with Gasteiger partial charge in [0.1, 0.15) is 17.4 Å². The third kappa shape index (κ3) is 6.83. The van der Waals surface area contributed by atoms with Crippen molar-refractivity contribution in [3.05, 3.63) is 66.0 Å². The Hall–Kier alpha value is -4.52. The van der Waals surface area contributed by atoms with E-state index in [1.54, 1.807) is 37.4 Å². The number of fused-ring (bicyclic) bond motifs is 1. The zero-order valence-electron chi connectivity index (χ0n) is 24.5. The number of amides is 2. The van der Waals surface area contributed by atoms with E-state index in [1.165, 1.54) is 4.57 Å². The molecule has 2 aromatic heterocycles. The number of hydrogen-bond donors (Lipinski definition) is 3. The summed E-state index contributed by atoms with van der Waals surface area (Å²) < 4.78 is 40.4. The van der Waals surface area contributed by atoms with Crippen LogP contribution in [0, 0.1) is 0 Å². The number of aromatic nitrogens is 4. The van der Waals surface area contributed by atoms with Gasteiger partial charge in [0.15, 0.2) is 5.82 Å². The molecule has 1 aliphatic carbocycles. The molecular formula is C31H36F2N8O3. The van der Waals surface area contributed by atoms with E-state index in [2.05, 4.69) is 25.8 Å². The van der Waals surface area contributed by atoms with Crippen molar-refractivity contribution in [2.45, 2.75) is 50.7 Å². The summed E-state index contributed by atoms with van der Waals surface area (Å²) >= 11 is 0. The smallest absolute Gasteiger partial charge is 0.315 e. The van der Waals surface area contributed by atoms with Gasteiger partial charge in [0.25, 0.3) is 6.43 Å². The van der Waals surface area contributed by atoms with Crippen LogP contribution in [0.3, 0.4) is 0 Å². The summed E-state index contributed by atoms with van der Waals surface area (Å²) in [5.74, 6) is 1.75. The van der Waals surface area contributed by atoms with Gasteiger partial charge in [-0.15, -0.1) is 0 Å². The molecule has 2 amide bonds. The standard InChI is InChI=1S/C31H36F2N8O3/c1-43-23-12-6-20(7-13-23)19-34-31(42)36-22-10-8-21(9-11-22)35-30-38-26(40-14-16-44-17-15-40)18-27(39-30)41-25-5-3-2-4-24(25)37-29(41)28(32)33/h2-7,12-13,18,21-22,28H,8-11,14-17,19H2,1H3,(H2,34,36,42)(H,35,38,39)/t21-,22-. The Morgan fingerprint density at radius 2 is 1.68 bits per heavy atom.